The largest absolute Gasteiger partial charge is 0.494 e. The Morgan fingerprint density at radius 2 is 1.66 bits per heavy atom. The van der Waals surface area contributed by atoms with Crippen LogP contribution in [0.5, 0.6) is 11.5 Å². The maximum atomic E-state index is 11.3. The first-order valence-corrected chi connectivity index (χ1v) is 13.6. The molecule has 2 saturated heterocycles. The predicted molar refractivity (Wildman–Crippen MR) is 143 cm³/mol. The van der Waals surface area contributed by atoms with Crippen molar-refractivity contribution < 1.29 is 14.6 Å². The number of aliphatic hydroxyl groups is 1. The molecule has 2 aromatic carbocycles. The summed E-state index contributed by atoms with van der Waals surface area (Å²) in [4.78, 5) is 4.88. The van der Waals surface area contributed by atoms with Gasteiger partial charge < -0.3 is 19.5 Å². The van der Waals surface area contributed by atoms with E-state index in [9.17, 15) is 5.11 Å². The molecule has 0 amide bonds. The lowest BCUT2D eigenvalue weighted by Gasteiger charge is -2.39. The lowest BCUT2D eigenvalue weighted by atomic mass is 9.93. The maximum Gasteiger partial charge on any atom is 0.120 e. The van der Waals surface area contributed by atoms with E-state index >= 15 is 0 Å². The van der Waals surface area contributed by atoms with Gasteiger partial charge in [0, 0.05) is 24.7 Å². The number of ether oxygens (including phenoxy) is 2. The Morgan fingerprint density at radius 3 is 2.43 bits per heavy atom. The SMILES string of the molecule is Cc1cc(OCC2(O)CCCN(Cc3cccc(OCCCN4CCCCC4)c3)C2)cc(C)c1Cl. The average Bonchev–Trinajstić information content (AvgIpc) is 2.85. The van der Waals surface area contributed by atoms with E-state index in [2.05, 4.69) is 28.0 Å². The summed E-state index contributed by atoms with van der Waals surface area (Å²) >= 11 is 6.28. The van der Waals surface area contributed by atoms with Crippen molar-refractivity contribution in [3.05, 3.63) is 58.1 Å². The van der Waals surface area contributed by atoms with Gasteiger partial charge in [0.05, 0.1) is 6.61 Å². The van der Waals surface area contributed by atoms with Crippen molar-refractivity contribution in [1.82, 2.24) is 9.80 Å². The van der Waals surface area contributed by atoms with Gasteiger partial charge in [-0.1, -0.05) is 30.2 Å². The zero-order valence-corrected chi connectivity index (χ0v) is 22.2. The van der Waals surface area contributed by atoms with Gasteiger partial charge in [-0.15, -0.1) is 0 Å². The third-order valence-corrected chi connectivity index (χ3v) is 7.79. The molecular weight excluding hydrogens is 460 g/mol. The van der Waals surface area contributed by atoms with Gasteiger partial charge in [0.15, 0.2) is 0 Å². The molecule has 0 spiro atoms. The van der Waals surface area contributed by atoms with Gasteiger partial charge >= 0.3 is 0 Å². The maximum absolute atomic E-state index is 11.3. The number of hydrogen-bond acceptors (Lipinski definition) is 5. The molecule has 1 N–H and O–H groups in total. The highest BCUT2D eigenvalue weighted by atomic mass is 35.5. The van der Waals surface area contributed by atoms with Crippen LogP contribution < -0.4 is 9.47 Å². The highest BCUT2D eigenvalue weighted by Gasteiger charge is 2.34. The van der Waals surface area contributed by atoms with Crippen molar-refractivity contribution in [2.45, 2.75) is 64.5 Å². The Morgan fingerprint density at radius 1 is 0.914 bits per heavy atom. The van der Waals surface area contributed by atoms with E-state index in [1.165, 1.54) is 37.9 Å². The summed E-state index contributed by atoms with van der Waals surface area (Å²) in [6, 6.07) is 12.3. The Kier molecular flexibility index (Phi) is 9.34. The first-order valence-electron chi connectivity index (χ1n) is 13.2. The summed E-state index contributed by atoms with van der Waals surface area (Å²) in [7, 11) is 0. The Bertz CT molecular complexity index is 940. The summed E-state index contributed by atoms with van der Waals surface area (Å²) in [5, 5.41) is 12.0. The van der Waals surface area contributed by atoms with E-state index < -0.39 is 5.60 Å². The minimum Gasteiger partial charge on any atom is -0.494 e. The van der Waals surface area contributed by atoms with E-state index in [1.54, 1.807) is 0 Å². The molecule has 0 radical (unpaired) electrons. The fourth-order valence-corrected chi connectivity index (χ4v) is 5.43. The van der Waals surface area contributed by atoms with Crippen LogP contribution >= 0.6 is 11.6 Å². The third-order valence-electron chi connectivity index (χ3n) is 7.19. The second-order valence-corrected chi connectivity index (χ2v) is 10.8. The van der Waals surface area contributed by atoms with Crippen LogP contribution in [0.15, 0.2) is 36.4 Å². The molecule has 35 heavy (non-hydrogen) atoms. The van der Waals surface area contributed by atoms with Gasteiger partial charge in [-0.3, -0.25) is 4.90 Å². The smallest absolute Gasteiger partial charge is 0.120 e. The predicted octanol–water partition coefficient (Wildman–Crippen LogP) is 5.62. The Hall–Kier alpha value is -1.79. The van der Waals surface area contributed by atoms with Gasteiger partial charge in [-0.05, 0) is 107 Å². The zero-order chi connectivity index (χ0) is 24.7. The summed E-state index contributed by atoms with van der Waals surface area (Å²) in [5.74, 6) is 1.70. The van der Waals surface area contributed by atoms with Crippen molar-refractivity contribution >= 4 is 11.6 Å². The number of piperidine rings is 2. The average molecular weight is 501 g/mol. The third kappa shape index (κ3) is 7.85. The van der Waals surface area contributed by atoms with Crippen LogP contribution in [0, 0.1) is 13.8 Å². The molecule has 0 saturated carbocycles. The van der Waals surface area contributed by atoms with Gasteiger partial charge in [0.25, 0.3) is 0 Å². The standard InChI is InChI=1S/C29H41ClN2O3/c1-23-17-27(18-24(2)28(23)30)35-22-29(33)11-7-14-32(21-29)20-25-9-6-10-26(19-25)34-16-8-15-31-12-4-3-5-13-31/h6,9-10,17-19,33H,3-5,7-8,11-16,20-22H2,1-2H3. The molecule has 2 aliphatic rings. The van der Waals surface area contributed by atoms with E-state index in [0.717, 1.165) is 73.2 Å². The van der Waals surface area contributed by atoms with E-state index in [0.29, 0.717) is 6.54 Å². The van der Waals surface area contributed by atoms with Crippen molar-refractivity contribution in [3.63, 3.8) is 0 Å². The second kappa shape index (κ2) is 12.4. The number of rotatable bonds is 10. The van der Waals surface area contributed by atoms with Gasteiger partial charge in [-0.2, -0.15) is 0 Å². The number of nitrogens with zero attached hydrogens (tertiary/aromatic N) is 2. The topological polar surface area (TPSA) is 45.2 Å². The van der Waals surface area contributed by atoms with Gasteiger partial charge in [0.1, 0.15) is 23.7 Å². The molecule has 192 valence electrons. The molecule has 6 heteroatoms. The van der Waals surface area contributed by atoms with Crippen LogP contribution in [0.25, 0.3) is 0 Å². The van der Waals surface area contributed by atoms with Crippen LogP contribution in [0.1, 0.15) is 55.2 Å². The van der Waals surface area contributed by atoms with Crippen molar-refractivity contribution in [1.29, 1.82) is 0 Å². The van der Waals surface area contributed by atoms with Crippen LogP contribution in [0.2, 0.25) is 5.02 Å². The van der Waals surface area contributed by atoms with E-state index in [-0.39, 0.29) is 6.61 Å². The number of benzene rings is 2. The van der Waals surface area contributed by atoms with Crippen molar-refractivity contribution in [2.75, 3.05) is 45.9 Å². The van der Waals surface area contributed by atoms with Crippen LogP contribution in [0.4, 0.5) is 0 Å². The first-order chi connectivity index (χ1) is 16.9. The monoisotopic (exact) mass is 500 g/mol. The zero-order valence-electron chi connectivity index (χ0n) is 21.4. The lowest BCUT2D eigenvalue weighted by Crippen LogP contribution is -2.51. The number of β-amino-alcohol motifs (C(OH)–C–C–N with tert-alkyl or cyclic N) is 1. The van der Waals surface area contributed by atoms with Crippen LogP contribution in [0.3, 0.4) is 0 Å². The van der Waals surface area contributed by atoms with Crippen LogP contribution in [-0.2, 0) is 6.54 Å². The first kappa shape index (κ1) is 26.3. The Balaban J connectivity index is 1.25. The second-order valence-electron chi connectivity index (χ2n) is 10.4. The minimum absolute atomic E-state index is 0.282. The van der Waals surface area contributed by atoms with Crippen molar-refractivity contribution in [2.24, 2.45) is 0 Å². The lowest BCUT2D eigenvalue weighted by molar-refractivity contribution is -0.0621. The molecule has 2 fully saturated rings. The van der Waals surface area contributed by atoms with E-state index in [4.69, 9.17) is 21.1 Å². The highest BCUT2D eigenvalue weighted by Crippen LogP contribution is 2.28. The van der Waals surface area contributed by atoms with Gasteiger partial charge in [0.2, 0.25) is 0 Å². The van der Waals surface area contributed by atoms with Crippen molar-refractivity contribution in [3.8, 4) is 11.5 Å². The number of likely N-dealkylation sites (tertiary alicyclic amines) is 2. The molecule has 0 aromatic heterocycles. The number of hydrogen-bond donors (Lipinski definition) is 1. The quantitative estimate of drug-likeness (QED) is 0.429. The summed E-state index contributed by atoms with van der Waals surface area (Å²) in [6.45, 7) is 11.0. The highest BCUT2D eigenvalue weighted by molar-refractivity contribution is 6.32. The molecule has 1 unspecified atom stereocenters. The fourth-order valence-electron chi connectivity index (χ4n) is 5.32. The molecular formula is C29H41ClN2O3. The summed E-state index contributed by atoms with van der Waals surface area (Å²) in [6.07, 6.45) is 6.81. The Labute approximate surface area is 216 Å². The molecule has 2 heterocycles. The normalized spacial score (nSPS) is 21.7. The molecule has 4 rings (SSSR count). The molecule has 0 bridgehead atoms. The molecule has 2 aromatic rings. The van der Waals surface area contributed by atoms with E-state index in [1.807, 2.05) is 32.0 Å². The summed E-state index contributed by atoms with van der Waals surface area (Å²) in [5.41, 5.74) is 2.34. The molecule has 0 aliphatic carbocycles. The number of aryl methyl sites for hydroxylation is 2. The molecule has 2 aliphatic heterocycles. The summed E-state index contributed by atoms with van der Waals surface area (Å²) < 4.78 is 12.1. The molecule has 5 nitrogen and oxygen atoms in total. The van der Waals surface area contributed by atoms with Crippen LogP contribution in [-0.4, -0.2) is 66.4 Å². The van der Waals surface area contributed by atoms with Gasteiger partial charge in [-0.25, -0.2) is 0 Å². The molecule has 1 atom stereocenters. The number of halogens is 1. The minimum atomic E-state index is -0.859. The fraction of sp³-hybridized carbons (Fsp3) is 0.586.